The summed E-state index contributed by atoms with van der Waals surface area (Å²) in [5, 5.41) is 11.1. The number of rotatable bonds is 6. The van der Waals surface area contributed by atoms with Gasteiger partial charge in [0.15, 0.2) is 0 Å². The Kier molecular flexibility index (Phi) is 7.12. The normalized spacial score (nSPS) is 14.6. The van der Waals surface area contributed by atoms with E-state index in [1.807, 2.05) is 26.0 Å². The molecule has 0 spiro atoms. The largest absolute Gasteiger partial charge is 0.392 e. The third-order valence-corrected chi connectivity index (χ3v) is 5.65. The van der Waals surface area contributed by atoms with Crippen LogP contribution < -0.4 is 0 Å². The molecule has 2 atom stereocenters. The van der Waals surface area contributed by atoms with Crippen LogP contribution in [0, 0.1) is 0 Å². The first-order valence-electron chi connectivity index (χ1n) is 5.38. The van der Waals surface area contributed by atoms with Gasteiger partial charge in [0.05, 0.1) is 11.1 Å². The van der Waals surface area contributed by atoms with Crippen molar-refractivity contribution in [2.45, 2.75) is 30.1 Å². The third-order valence-electron chi connectivity index (χ3n) is 2.29. The fourth-order valence-electron chi connectivity index (χ4n) is 1.11. The second-order valence-electron chi connectivity index (χ2n) is 3.74. The Morgan fingerprint density at radius 3 is 2.59 bits per heavy atom. The number of hydrogen-bond acceptors (Lipinski definition) is 3. The van der Waals surface area contributed by atoms with Crippen LogP contribution in [0.1, 0.15) is 13.8 Å². The van der Waals surface area contributed by atoms with Crippen LogP contribution in [-0.4, -0.2) is 28.0 Å². The molecule has 0 fully saturated rings. The molecule has 1 rings (SSSR count). The first-order chi connectivity index (χ1) is 8.00. The second-order valence-corrected chi connectivity index (χ2v) is 7.21. The summed E-state index contributed by atoms with van der Waals surface area (Å²) in [6.45, 7) is 3.85. The summed E-state index contributed by atoms with van der Waals surface area (Å²) in [5.41, 5.74) is 0. The lowest BCUT2D eigenvalue weighted by atomic mass is 10.3. The Morgan fingerprint density at radius 2 is 1.94 bits per heavy atom. The molecule has 0 bridgehead atoms. The molecule has 96 valence electrons. The molecule has 0 aliphatic heterocycles. The minimum absolute atomic E-state index is 0.264. The minimum atomic E-state index is -0.264. The van der Waals surface area contributed by atoms with E-state index in [9.17, 15) is 5.11 Å². The van der Waals surface area contributed by atoms with Crippen LogP contribution >= 0.6 is 46.7 Å². The highest BCUT2D eigenvalue weighted by molar-refractivity contribution is 8.03. The predicted octanol–water partition coefficient (Wildman–Crippen LogP) is 4.59. The number of thioether (sulfide) groups is 2. The summed E-state index contributed by atoms with van der Waals surface area (Å²) in [6, 6.07) is 5.49. The quantitative estimate of drug-likeness (QED) is 0.613. The molecule has 0 aromatic heterocycles. The maximum atomic E-state index is 9.35. The Bertz CT molecular complexity index is 358. The lowest BCUT2D eigenvalue weighted by Gasteiger charge is -2.13. The molecular formula is C12H16Cl2OS2. The summed E-state index contributed by atoms with van der Waals surface area (Å²) in [7, 11) is 0. The van der Waals surface area contributed by atoms with Crippen LogP contribution in [0.4, 0.5) is 0 Å². The standard InChI is InChI=1S/C12H16Cl2OS2/c1-8(15)9(2)16-5-6-17-12-7-10(13)3-4-11(12)14/h3-4,7-9,15H,5-6H2,1-2H3. The van der Waals surface area contributed by atoms with Gasteiger partial charge in [-0.3, -0.25) is 0 Å². The van der Waals surface area contributed by atoms with E-state index in [0.29, 0.717) is 5.02 Å². The van der Waals surface area contributed by atoms with E-state index in [1.54, 1.807) is 29.6 Å². The van der Waals surface area contributed by atoms with Gasteiger partial charge in [-0.05, 0) is 25.1 Å². The van der Waals surface area contributed by atoms with Crippen molar-refractivity contribution in [3.63, 3.8) is 0 Å². The van der Waals surface area contributed by atoms with Gasteiger partial charge < -0.3 is 5.11 Å². The molecule has 0 aliphatic carbocycles. The minimum Gasteiger partial charge on any atom is -0.392 e. The van der Waals surface area contributed by atoms with Gasteiger partial charge >= 0.3 is 0 Å². The summed E-state index contributed by atoms with van der Waals surface area (Å²) in [5.74, 6) is 1.95. The maximum Gasteiger partial charge on any atom is 0.0627 e. The molecule has 1 N–H and O–H groups in total. The molecule has 2 unspecified atom stereocenters. The summed E-state index contributed by atoms with van der Waals surface area (Å²) in [4.78, 5) is 1.02. The van der Waals surface area contributed by atoms with E-state index < -0.39 is 0 Å². The summed E-state index contributed by atoms with van der Waals surface area (Å²) < 4.78 is 0. The van der Waals surface area contributed by atoms with E-state index >= 15 is 0 Å². The third kappa shape index (κ3) is 5.75. The van der Waals surface area contributed by atoms with Crippen molar-refractivity contribution in [3.05, 3.63) is 28.2 Å². The van der Waals surface area contributed by atoms with Gasteiger partial charge in [-0.25, -0.2) is 0 Å². The Hall–Kier alpha value is 0.460. The van der Waals surface area contributed by atoms with Crippen molar-refractivity contribution in [3.8, 4) is 0 Å². The highest BCUT2D eigenvalue weighted by atomic mass is 35.5. The number of hydrogen-bond donors (Lipinski definition) is 1. The van der Waals surface area contributed by atoms with E-state index in [0.717, 1.165) is 21.4 Å². The van der Waals surface area contributed by atoms with Crippen LogP contribution in [0.5, 0.6) is 0 Å². The van der Waals surface area contributed by atoms with Crippen LogP contribution in [0.3, 0.4) is 0 Å². The molecule has 1 aromatic carbocycles. The van der Waals surface area contributed by atoms with Crippen LogP contribution in [0.15, 0.2) is 23.1 Å². The molecule has 17 heavy (non-hydrogen) atoms. The van der Waals surface area contributed by atoms with Gasteiger partial charge in [0, 0.05) is 26.7 Å². The van der Waals surface area contributed by atoms with Crippen molar-refractivity contribution in [2.75, 3.05) is 11.5 Å². The zero-order chi connectivity index (χ0) is 12.8. The Morgan fingerprint density at radius 1 is 1.24 bits per heavy atom. The molecule has 0 saturated heterocycles. The van der Waals surface area contributed by atoms with Crippen molar-refractivity contribution < 1.29 is 5.11 Å². The average Bonchev–Trinajstić information content (AvgIpc) is 2.28. The van der Waals surface area contributed by atoms with Crippen molar-refractivity contribution in [2.24, 2.45) is 0 Å². The number of halogens is 2. The smallest absolute Gasteiger partial charge is 0.0627 e. The molecular weight excluding hydrogens is 295 g/mol. The van der Waals surface area contributed by atoms with Crippen molar-refractivity contribution in [1.29, 1.82) is 0 Å². The highest BCUT2D eigenvalue weighted by Crippen LogP contribution is 2.30. The molecule has 0 amide bonds. The molecule has 0 radical (unpaired) electrons. The predicted molar refractivity (Wildman–Crippen MR) is 80.8 cm³/mol. The number of aliphatic hydroxyl groups excluding tert-OH is 1. The van der Waals surface area contributed by atoms with Crippen LogP contribution in [-0.2, 0) is 0 Å². The van der Waals surface area contributed by atoms with E-state index in [1.165, 1.54) is 0 Å². The zero-order valence-corrected chi connectivity index (χ0v) is 13.0. The molecule has 1 aromatic rings. The molecule has 0 aliphatic rings. The van der Waals surface area contributed by atoms with Crippen molar-refractivity contribution >= 4 is 46.7 Å². The number of aliphatic hydroxyl groups is 1. The lowest BCUT2D eigenvalue weighted by molar-refractivity contribution is 0.196. The van der Waals surface area contributed by atoms with Gasteiger partial charge in [-0.15, -0.1) is 11.8 Å². The van der Waals surface area contributed by atoms with Crippen LogP contribution in [0.25, 0.3) is 0 Å². The van der Waals surface area contributed by atoms with Gasteiger partial charge in [0.2, 0.25) is 0 Å². The zero-order valence-electron chi connectivity index (χ0n) is 9.82. The van der Waals surface area contributed by atoms with E-state index in [-0.39, 0.29) is 11.4 Å². The van der Waals surface area contributed by atoms with Gasteiger partial charge in [0.25, 0.3) is 0 Å². The van der Waals surface area contributed by atoms with Gasteiger partial charge in [-0.1, -0.05) is 30.1 Å². The molecule has 5 heteroatoms. The van der Waals surface area contributed by atoms with E-state index in [4.69, 9.17) is 23.2 Å². The topological polar surface area (TPSA) is 20.2 Å². The average molecular weight is 311 g/mol. The van der Waals surface area contributed by atoms with Gasteiger partial charge in [-0.2, -0.15) is 11.8 Å². The second kappa shape index (κ2) is 7.80. The van der Waals surface area contributed by atoms with Gasteiger partial charge in [0.1, 0.15) is 0 Å². The van der Waals surface area contributed by atoms with E-state index in [2.05, 4.69) is 0 Å². The Labute approximate surface area is 121 Å². The molecule has 0 saturated carbocycles. The first-order valence-corrected chi connectivity index (χ1v) is 8.17. The fourth-order valence-corrected chi connectivity index (χ4v) is 3.64. The first kappa shape index (κ1) is 15.5. The fraction of sp³-hybridized carbons (Fsp3) is 0.500. The van der Waals surface area contributed by atoms with Crippen molar-refractivity contribution in [1.82, 2.24) is 0 Å². The summed E-state index contributed by atoms with van der Waals surface area (Å²) >= 11 is 15.4. The Balaban J connectivity index is 2.33. The maximum absolute atomic E-state index is 9.35. The lowest BCUT2D eigenvalue weighted by Crippen LogP contribution is -2.15. The van der Waals surface area contributed by atoms with Crippen LogP contribution in [0.2, 0.25) is 10.0 Å². The SMILES string of the molecule is CC(O)C(C)SCCSc1cc(Cl)ccc1Cl. The molecule has 0 heterocycles. The number of benzene rings is 1. The monoisotopic (exact) mass is 310 g/mol. The molecule has 1 nitrogen and oxygen atoms in total. The highest BCUT2D eigenvalue weighted by Gasteiger charge is 2.09. The summed E-state index contributed by atoms with van der Waals surface area (Å²) in [6.07, 6.45) is -0.264.